The van der Waals surface area contributed by atoms with Gasteiger partial charge in [-0.25, -0.2) is 0 Å². The third-order valence-corrected chi connectivity index (χ3v) is 4.05. The van der Waals surface area contributed by atoms with Crippen molar-refractivity contribution in [2.75, 3.05) is 13.2 Å². The van der Waals surface area contributed by atoms with Gasteiger partial charge in [-0.15, -0.1) is 0 Å². The van der Waals surface area contributed by atoms with Crippen LogP contribution >= 0.6 is 0 Å². The Morgan fingerprint density at radius 2 is 1.88 bits per heavy atom. The van der Waals surface area contributed by atoms with Crippen LogP contribution in [-0.2, 0) is 4.74 Å². The SMILES string of the molecule is CCCNC(COC1CCCCC1)C(C)CC. The highest BCUT2D eigenvalue weighted by molar-refractivity contribution is 4.74. The van der Waals surface area contributed by atoms with Crippen molar-refractivity contribution < 1.29 is 4.74 Å². The zero-order valence-corrected chi connectivity index (χ0v) is 12.0. The molecule has 17 heavy (non-hydrogen) atoms. The molecular formula is C15H31NO. The van der Waals surface area contributed by atoms with E-state index in [2.05, 4.69) is 26.1 Å². The molecule has 0 heterocycles. The van der Waals surface area contributed by atoms with Crippen molar-refractivity contribution in [3.63, 3.8) is 0 Å². The Bertz CT molecular complexity index is 178. The van der Waals surface area contributed by atoms with Crippen LogP contribution in [0.25, 0.3) is 0 Å². The molecular weight excluding hydrogens is 210 g/mol. The lowest BCUT2D eigenvalue weighted by molar-refractivity contribution is 0.00788. The van der Waals surface area contributed by atoms with Crippen LogP contribution in [0, 0.1) is 5.92 Å². The molecule has 0 aromatic carbocycles. The summed E-state index contributed by atoms with van der Waals surface area (Å²) < 4.78 is 6.10. The van der Waals surface area contributed by atoms with Gasteiger partial charge in [0.2, 0.25) is 0 Å². The first-order valence-corrected chi connectivity index (χ1v) is 7.62. The molecule has 0 bridgehead atoms. The van der Waals surface area contributed by atoms with Crippen molar-refractivity contribution in [1.82, 2.24) is 5.32 Å². The quantitative estimate of drug-likeness (QED) is 0.699. The van der Waals surface area contributed by atoms with Gasteiger partial charge in [0.25, 0.3) is 0 Å². The normalized spacial score (nSPS) is 21.4. The van der Waals surface area contributed by atoms with Crippen molar-refractivity contribution in [1.29, 1.82) is 0 Å². The lowest BCUT2D eigenvalue weighted by Gasteiger charge is -2.28. The second kappa shape index (κ2) is 8.93. The molecule has 0 saturated heterocycles. The predicted octanol–water partition coefficient (Wildman–Crippen LogP) is 3.75. The zero-order valence-electron chi connectivity index (χ0n) is 12.0. The second-order valence-corrected chi connectivity index (χ2v) is 5.54. The molecule has 1 N–H and O–H groups in total. The average Bonchev–Trinajstić information content (AvgIpc) is 2.39. The molecule has 1 rings (SSSR count). The summed E-state index contributed by atoms with van der Waals surface area (Å²) in [4.78, 5) is 0. The lowest BCUT2D eigenvalue weighted by Crippen LogP contribution is -2.40. The standard InChI is InChI=1S/C15H31NO/c1-4-11-16-15(13(3)5-2)12-17-14-9-7-6-8-10-14/h13-16H,4-12H2,1-3H3. The number of hydrogen-bond acceptors (Lipinski definition) is 2. The van der Waals surface area contributed by atoms with E-state index in [0.29, 0.717) is 18.1 Å². The Kier molecular flexibility index (Phi) is 7.87. The van der Waals surface area contributed by atoms with Gasteiger partial charge < -0.3 is 10.1 Å². The van der Waals surface area contributed by atoms with Crippen molar-refractivity contribution in [2.45, 2.75) is 77.9 Å². The smallest absolute Gasteiger partial charge is 0.0625 e. The maximum absolute atomic E-state index is 6.10. The van der Waals surface area contributed by atoms with Crippen LogP contribution in [0.2, 0.25) is 0 Å². The third kappa shape index (κ3) is 5.87. The molecule has 2 atom stereocenters. The summed E-state index contributed by atoms with van der Waals surface area (Å²) in [7, 11) is 0. The molecule has 0 radical (unpaired) electrons. The number of rotatable bonds is 8. The van der Waals surface area contributed by atoms with Gasteiger partial charge in [-0.05, 0) is 31.7 Å². The Morgan fingerprint density at radius 1 is 1.18 bits per heavy atom. The molecule has 0 amide bonds. The maximum Gasteiger partial charge on any atom is 0.0625 e. The first-order chi connectivity index (χ1) is 8.27. The lowest BCUT2D eigenvalue weighted by atomic mass is 9.97. The summed E-state index contributed by atoms with van der Waals surface area (Å²) in [6, 6.07) is 0.543. The molecule has 0 aromatic rings. The summed E-state index contributed by atoms with van der Waals surface area (Å²) in [6.45, 7) is 8.84. The van der Waals surface area contributed by atoms with Gasteiger partial charge in [-0.1, -0.05) is 46.5 Å². The highest BCUT2D eigenvalue weighted by atomic mass is 16.5. The topological polar surface area (TPSA) is 21.3 Å². The van der Waals surface area contributed by atoms with Gasteiger partial charge in [0.15, 0.2) is 0 Å². The van der Waals surface area contributed by atoms with Gasteiger partial charge in [0, 0.05) is 6.04 Å². The largest absolute Gasteiger partial charge is 0.377 e. The van der Waals surface area contributed by atoms with Crippen molar-refractivity contribution in [2.24, 2.45) is 5.92 Å². The van der Waals surface area contributed by atoms with Crippen LogP contribution in [0.4, 0.5) is 0 Å². The van der Waals surface area contributed by atoms with Crippen LogP contribution in [0.15, 0.2) is 0 Å². The molecule has 1 fully saturated rings. The Labute approximate surface area is 108 Å². The molecule has 2 unspecified atom stereocenters. The first-order valence-electron chi connectivity index (χ1n) is 7.62. The fourth-order valence-electron chi connectivity index (χ4n) is 2.51. The van der Waals surface area contributed by atoms with Crippen LogP contribution in [0.3, 0.4) is 0 Å². The molecule has 2 nitrogen and oxygen atoms in total. The van der Waals surface area contributed by atoms with Gasteiger partial charge in [-0.3, -0.25) is 0 Å². The minimum absolute atomic E-state index is 0.540. The highest BCUT2D eigenvalue weighted by Crippen LogP contribution is 2.21. The zero-order chi connectivity index (χ0) is 12.5. The molecule has 1 aliphatic carbocycles. The molecule has 1 saturated carbocycles. The van der Waals surface area contributed by atoms with Crippen molar-refractivity contribution >= 4 is 0 Å². The monoisotopic (exact) mass is 241 g/mol. The van der Waals surface area contributed by atoms with Gasteiger partial charge in [-0.2, -0.15) is 0 Å². The van der Waals surface area contributed by atoms with E-state index >= 15 is 0 Å². The van der Waals surface area contributed by atoms with Gasteiger partial charge in [0.05, 0.1) is 12.7 Å². The fraction of sp³-hybridized carbons (Fsp3) is 1.00. The number of hydrogen-bond donors (Lipinski definition) is 1. The molecule has 2 heteroatoms. The molecule has 1 aliphatic rings. The van der Waals surface area contributed by atoms with Crippen LogP contribution < -0.4 is 5.32 Å². The fourth-order valence-corrected chi connectivity index (χ4v) is 2.51. The Hall–Kier alpha value is -0.0800. The van der Waals surface area contributed by atoms with Crippen molar-refractivity contribution in [3.8, 4) is 0 Å². The van der Waals surface area contributed by atoms with Gasteiger partial charge in [0.1, 0.15) is 0 Å². The molecule has 0 spiro atoms. The Balaban J connectivity index is 2.26. The average molecular weight is 241 g/mol. The van der Waals surface area contributed by atoms with E-state index in [0.717, 1.165) is 13.2 Å². The van der Waals surface area contributed by atoms with E-state index in [1.54, 1.807) is 0 Å². The maximum atomic E-state index is 6.10. The summed E-state index contributed by atoms with van der Waals surface area (Å²) >= 11 is 0. The number of ether oxygens (including phenoxy) is 1. The van der Waals surface area contributed by atoms with Gasteiger partial charge >= 0.3 is 0 Å². The number of nitrogens with one attached hydrogen (secondary N) is 1. The summed E-state index contributed by atoms with van der Waals surface area (Å²) in [5.74, 6) is 0.713. The van der Waals surface area contributed by atoms with Crippen LogP contribution in [0.5, 0.6) is 0 Å². The van der Waals surface area contributed by atoms with Crippen LogP contribution in [0.1, 0.15) is 65.7 Å². The third-order valence-electron chi connectivity index (χ3n) is 4.05. The summed E-state index contributed by atoms with van der Waals surface area (Å²) in [5.41, 5.74) is 0. The van der Waals surface area contributed by atoms with Crippen LogP contribution in [-0.4, -0.2) is 25.3 Å². The highest BCUT2D eigenvalue weighted by Gasteiger charge is 2.19. The first kappa shape index (κ1) is 15.0. The van der Waals surface area contributed by atoms with E-state index in [1.165, 1.54) is 44.9 Å². The van der Waals surface area contributed by atoms with E-state index in [-0.39, 0.29) is 0 Å². The minimum Gasteiger partial charge on any atom is -0.377 e. The molecule has 102 valence electrons. The van der Waals surface area contributed by atoms with Crippen molar-refractivity contribution in [3.05, 3.63) is 0 Å². The van der Waals surface area contributed by atoms with E-state index in [4.69, 9.17) is 4.74 Å². The molecule has 0 aromatic heterocycles. The molecule has 0 aliphatic heterocycles. The van der Waals surface area contributed by atoms with E-state index in [1.807, 2.05) is 0 Å². The minimum atomic E-state index is 0.540. The Morgan fingerprint density at radius 3 is 2.47 bits per heavy atom. The van der Waals surface area contributed by atoms with E-state index < -0.39 is 0 Å². The second-order valence-electron chi connectivity index (χ2n) is 5.54. The summed E-state index contributed by atoms with van der Waals surface area (Å²) in [6.07, 6.45) is 9.66. The predicted molar refractivity (Wildman–Crippen MR) is 74.4 cm³/mol. The summed E-state index contributed by atoms with van der Waals surface area (Å²) in [5, 5.41) is 3.63. The van der Waals surface area contributed by atoms with E-state index in [9.17, 15) is 0 Å².